The second-order valence-electron chi connectivity index (χ2n) is 7.44. The molecule has 0 atom stereocenters. The van der Waals surface area contributed by atoms with E-state index in [0.29, 0.717) is 17.1 Å². The Labute approximate surface area is 170 Å². The second kappa shape index (κ2) is 7.47. The molecule has 156 valence electrons. The maximum Gasteiger partial charge on any atom is 0.416 e. The molecule has 1 saturated carbocycles. The Kier molecular flexibility index (Phi) is 4.97. The average molecular weight is 416 g/mol. The summed E-state index contributed by atoms with van der Waals surface area (Å²) < 4.78 is 38.6. The van der Waals surface area contributed by atoms with Gasteiger partial charge in [0.1, 0.15) is 5.69 Å². The second-order valence-corrected chi connectivity index (χ2v) is 7.44. The van der Waals surface area contributed by atoms with E-state index >= 15 is 0 Å². The SMILES string of the molecule is O=C(O)NCC1(Nc2nnc(-c3ccc(C(F)(F)F)cc3)c3ccccc23)CCC1. The van der Waals surface area contributed by atoms with Gasteiger partial charge in [0.05, 0.1) is 11.1 Å². The van der Waals surface area contributed by atoms with E-state index in [0.717, 1.165) is 42.2 Å². The van der Waals surface area contributed by atoms with E-state index in [4.69, 9.17) is 5.11 Å². The first-order valence-corrected chi connectivity index (χ1v) is 9.45. The summed E-state index contributed by atoms with van der Waals surface area (Å²) in [4.78, 5) is 10.9. The standard InChI is InChI=1S/C21H19F3N4O2/c22-21(23,24)14-8-6-13(7-9-14)17-15-4-1-2-5-16(15)18(28-27-17)26-20(10-3-11-20)12-25-19(29)30/h1-2,4-9,25H,3,10-12H2,(H,26,28)(H,29,30). The van der Waals surface area contributed by atoms with E-state index in [-0.39, 0.29) is 6.54 Å². The molecule has 1 amide bonds. The minimum Gasteiger partial charge on any atom is -0.465 e. The van der Waals surface area contributed by atoms with Crippen molar-refractivity contribution < 1.29 is 23.1 Å². The Hall–Kier alpha value is -3.36. The Morgan fingerprint density at radius 1 is 1.03 bits per heavy atom. The summed E-state index contributed by atoms with van der Waals surface area (Å²) in [5.74, 6) is 0.521. The van der Waals surface area contributed by atoms with Gasteiger partial charge >= 0.3 is 12.3 Å². The van der Waals surface area contributed by atoms with Crippen LogP contribution in [-0.2, 0) is 6.18 Å². The summed E-state index contributed by atoms with van der Waals surface area (Å²) in [6.07, 6.45) is -2.92. The number of anilines is 1. The fourth-order valence-corrected chi connectivity index (χ4v) is 3.67. The van der Waals surface area contributed by atoms with Crippen LogP contribution in [0.25, 0.3) is 22.0 Å². The molecule has 4 rings (SSSR count). The first-order chi connectivity index (χ1) is 14.3. The maximum atomic E-state index is 12.9. The van der Waals surface area contributed by atoms with Crippen LogP contribution >= 0.6 is 0 Å². The molecule has 0 unspecified atom stereocenters. The highest BCUT2D eigenvalue weighted by Crippen LogP contribution is 2.38. The van der Waals surface area contributed by atoms with Crippen LogP contribution in [0.3, 0.4) is 0 Å². The predicted molar refractivity (Wildman–Crippen MR) is 106 cm³/mol. The van der Waals surface area contributed by atoms with Crippen LogP contribution in [0.2, 0.25) is 0 Å². The number of halogens is 3. The smallest absolute Gasteiger partial charge is 0.416 e. The van der Waals surface area contributed by atoms with Gasteiger partial charge in [0.25, 0.3) is 0 Å². The number of nitrogens with one attached hydrogen (secondary N) is 2. The molecule has 1 aromatic heterocycles. The number of rotatable bonds is 5. The van der Waals surface area contributed by atoms with Crippen LogP contribution in [0.1, 0.15) is 24.8 Å². The third-order valence-corrected chi connectivity index (χ3v) is 5.45. The van der Waals surface area contributed by atoms with Gasteiger partial charge in [-0.3, -0.25) is 0 Å². The molecule has 0 bridgehead atoms. The maximum absolute atomic E-state index is 12.9. The highest BCUT2D eigenvalue weighted by Gasteiger charge is 2.38. The van der Waals surface area contributed by atoms with Gasteiger partial charge in [0, 0.05) is 22.9 Å². The Balaban J connectivity index is 1.69. The number of aromatic nitrogens is 2. The number of alkyl halides is 3. The molecule has 0 aliphatic heterocycles. The topological polar surface area (TPSA) is 87.1 Å². The van der Waals surface area contributed by atoms with E-state index in [2.05, 4.69) is 20.8 Å². The summed E-state index contributed by atoms with van der Waals surface area (Å²) in [6, 6.07) is 12.2. The van der Waals surface area contributed by atoms with E-state index in [1.165, 1.54) is 12.1 Å². The third kappa shape index (κ3) is 3.87. The number of amides is 1. The van der Waals surface area contributed by atoms with Crippen molar-refractivity contribution in [2.24, 2.45) is 0 Å². The Morgan fingerprint density at radius 3 is 2.27 bits per heavy atom. The number of carbonyl (C=O) groups is 1. The van der Waals surface area contributed by atoms with Gasteiger partial charge < -0.3 is 15.7 Å². The van der Waals surface area contributed by atoms with Crippen molar-refractivity contribution in [3.63, 3.8) is 0 Å². The van der Waals surface area contributed by atoms with Gasteiger partial charge in [-0.05, 0) is 31.4 Å². The van der Waals surface area contributed by atoms with Crippen molar-refractivity contribution in [3.8, 4) is 11.3 Å². The van der Waals surface area contributed by atoms with Crippen LogP contribution in [0.5, 0.6) is 0 Å². The first kappa shape index (κ1) is 19.9. The lowest BCUT2D eigenvalue weighted by atomic mass is 9.76. The predicted octanol–water partition coefficient (Wildman–Crippen LogP) is 4.92. The minimum atomic E-state index is -4.40. The monoisotopic (exact) mass is 416 g/mol. The summed E-state index contributed by atoms with van der Waals surface area (Å²) in [7, 11) is 0. The van der Waals surface area contributed by atoms with Crippen molar-refractivity contribution in [2.75, 3.05) is 11.9 Å². The molecule has 1 heterocycles. The zero-order valence-electron chi connectivity index (χ0n) is 15.8. The van der Waals surface area contributed by atoms with Crippen LogP contribution in [0.4, 0.5) is 23.8 Å². The first-order valence-electron chi connectivity index (χ1n) is 9.45. The normalized spacial score (nSPS) is 15.4. The fraction of sp³-hybridized carbons (Fsp3) is 0.286. The van der Waals surface area contributed by atoms with Crippen LogP contribution in [0, 0.1) is 0 Å². The molecule has 0 radical (unpaired) electrons. The van der Waals surface area contributed by atoms with E-state index < -0.39 is 23.4 Å². The number of hydrogen-bond acceptors (Lipinski definition) is 4. The Morgan fingerprint density at radius 2 is 1.70 bits per heavy atom. The molecule has 2 aromatic carbocycles. The molecule has 1 aliphatic rings. The lowest BCUT2D eigenvalue weighted by Crippen LogP contribution is -2.53. The van der Waals surface area contributed by atoms with Gasteiger partial charge in [-0.2, -0.15) is 13.2 Å². The van der Waals surface area contributed by atoms with E-state index in [9.17, 15) is 18.0 Å². The molecule has 9 heteroatoms. The molecule has 6 nitrogen and oxygen atoms in total. The number of fused-ring (bicyclic) bond motifs is 1. The molecule has 3 aromatic rings. The number of hydrogen-bond donors (Lipinski definition) is 3. The molecule has 1 aliphatic carbocycles. The van der Waals surface area contributed by atoms with Gasteiger partial charge in [0.15, 0.2) is 5.82 Å². The number of nitrogens with zero attached hydrogens (tertiary/aromatic N) is 2. The van der Waals surface area contributed by atoms with Crippen molar-refractivity contribution in [1.29, 1.82) is 0 Å². The van der Waals surface area contributed by atoms with Crippen LogP contribution in [0.15, 0.2) is 48.5 Å². The summed E-state index contributed by atoms with van der Waals surface area (Å²) >= 11 is 0. The average Bonchev–Trinajstić information content (AvgIpc) is 2.69. The molecule has 3 N–H and O–H groups in total. The summed E-state index contributed by atoms with van der Waals surface area (Å²) in [5, 5.41) is 24.8. The molecule has 30 heavy (non-hydrogen) atoms. The lowest BCUT2D eigenvalue weighted by molar-refractivity contribution is -0.137. The highest BCUT2D eigenvalue weighted by molar-refractivity contribution is 6.00. The molecule has 0 spiro atoms. The van der Waals surface area contributed by atoms with Gasteiger partial charge in [-0.1, -0.05) is 36.4 Å². The van der Waals surface area contributed by atoms with E-state index in [1.807, 2.05) is 24.3 Å². The van der Waals surface area contributed by atoms with Crippen molar-refractivity contribution in [2.45, 2.75) is 31.0 Å². The number of carboxylic acid groups (broad SMARTS) is 1. The zero-order chi connectivity index (χ0) is 21.4. The summed E-state index contributed by atoms with van der Waals surface area (Å²) in [6.45, 7) is 0.249. The largest absolute Gasteiger partial charge is 0.465 e. The highest BCUT2D eigenvalue weighted by atomic mass is 19.4. The summed E-state index contributed by atoms with van der Waals surface area (Å²) in [5.41, 5.74) is -0.133. The minimum absolute atomic E-state index is 0.249. The zero-order valence-corrected chi connectivity index (χ0v) is 15.8. The molecular formula is C21H19F3N4O2. The van der Waals surface area contributed by atoms with Crippen molar-refractivity contribution >= 4 is 22.7 Å². The van der Waals surface area contributed by atoms with Crippen molar-refractivity contribution in [3.05, 3.63) is 54.1 Å². The molecule has 1 fully saturated rings. The fourth-order valence-electron chi connectivity index (χ4n) is 3.67. The lowest BCUT2D eigenvalue weighted by Gasteiger charge is -2.42. The van der Waals surface area contributed by atoms with Crippen LogP contribution in [-0.4, -0.2) is 33.5 Å². The van der Waals surface area contributed by atoms with E-state index in [1.54, 1.807) is 0 Å². The van der Waals surface area contributed by atoms with Crippen molar-refractivity contribution in [1.82, 2.24) is 15.5 Å². The van der Waals surface area contributed by atoms with Gasteiger partial charge in [-0.25, -0.2) is 4.79 Å². The molecular weight excluding hydrogens is 397 g/mol. The van der Waals surface area contributed by atoms with Crippen LogP contribution < -0.4 is 10.6 Å². The molecule has 0 saturated heterocycles. The third-order valence-electron chi connectivity index (χ3n) is 5.45. The quantitative estimate of drug-likeness (QED) is 0.550. The van der Waals surface area contributed by atoms with Gasteiger partial charge in [0.2, 0.25) is 0 Å². The van der Waals surface area contributed by atoms with Gasteiger partial charge in [-0.15, -0.1) is 10.2 Å². The Bertz CT molecular complexity index is 1080. The number of benzene rings is 2.